The second-order valence-electron chi connectivity index (χ2n) is 23.8. The number of carbonyl (C=O) groups is 1. The van der Waals surface area contributed by atoms with E-state index in [9.17, 15) is 38.2 Å². The fraction of sp³-hybridized carbons (Fsp3) is 0.954. The van der Waals surface area contributed by atoms with Gasteiger partial charge >= 0.3 is 10.4 Å². The molecule has 1 aliphatic rings. The molecule has 0 saturated carbocycles. The average Bonchev–Trinajstić information content (AvgIpc) is 3.45. The van der Waals surface area contributed by atoms with Crippen molar-refractivity contribution in [1.82, 2.24) is 5.32 Å². The van der Waals surface area contributed by atoms with Crippen molar-refractivity contribution in [2.24, 2.45) is 0 Å². The molecule has 12 nitrogen and oxygen atoms in total. The van der Waals surface area contributed by atoms with Crippen LogP contribution in [0.15, 0.2) is 12.2 Å². The van der Waals surface area contributed by atoms with Gasteiger partial charge in [-0.05, 0) is 19.3 Å². The van der Waals surface area contributed by atoms with Crippen LogP contribution in [0.1, 0.15) is 341 Å². The Hall–Kier alpha value is -1.16. The van der Waals surface area contributed by atoms with E-state index in [1.807, 2.05) is 6.08 Å². The van der Waals surface area contributed by atoms with Gasteiger partial charge in [0.2, 0.25) is 5.91 Å². The number of nitrogens with one attached hydrogen (secondary N) is 1. The lowest BCUT2D eigenvalue weighted by atomic mass is 9.99. The van der Waals surface area contributed by atoms with E-state index < -0.39 is 59.9 Å². The van der Waals surface area contributed by atoms with Gasteiger partial charge in [-0.25, -0.2) is 4.18 Å². The molecule has 0 aliphatic carbocycles. The van der Waals surface area contributed by atoms with Crippen molar-refractivity contribution < 1.29 is 51.8 Å². The number of carbonyl (C=O) groups excluding carboxylic acids is 1. The normalized spacial score (nSPS) is 18.8. The summed E-state index contributed by atoms with van der Waals surface area (Å²) in [5.41, 5.74) is 0. The largest absolute Gasteiger partial charge is 0.397 e. The Labute approximate surface area is 480 Å². The average molecular weight is 1130 g/mol. The van der Waals surface area contributed by atoms with Gasteiger partial charge in [-0.2, -0.15) is 8.42 Å². The van der Waals surface area contributed by atoms with E-state index in [1.54, 1.807) is 6.08 Å². The van der Waals surface area contributed by atoms with Gasteiger partial charge in [-0.1, -0.05) is 328 Å². The molecule has 0 aromatic rings. The minimum absolute atomic E-state index is 0.255. The van der Waals surface area contributed by atoms with E-state index >= 15 is 0 Å². The van der Waals surface area contributed by atoms with Crippen molar-refractivity contribution in [1.29, 1.82) is 0 Å². The molecule has 78 heavy (non-hydrogen) atoms. The summed E-state index contributed by atoms with van der Waals surface area (Å²) in [6, 6.07) is -0.940. The molecule has 1 heterocycles. The van der Waals surface area contributed by atoms with Crippen molar-refractivity contribution in [3.05, 3.63) is 12.2 Å². The smallest absolute Gasteiger partial charge is 0.394 e. The Kier molecular flexibility index (Phi) is 52.8. The monoisotopic (exact) mass is 1130 g/mol. The van der Waals surface area contributed by atoms with Gasteiger partial charge in [0.25, 0.3) is 0 Å². The van der Waals surface area contributed by atoms with E-state index in [-0.39, 0.29) is 18.9 Å². The Morgan fingerprint density at radius 3 is 1.12 bits per heavy atom. The van der Waals surface area contributed by atoms with Crippen LogP contribution in [0.25, 0.3) is 0 Å². The second kappa shape index (κ2) is 55.1. The van der Waals surface area contributed by atoms with Gasteiger partial charge in [0.05, 0.1) is 25.4 Å². The van der Waals surface area contributed by atoms with E-state index in [2.05, 4.69) is 23.3 Å². The lowest BCUT2D eigenvalue weighted by Gasteiger charge is -2.41. The fourth-order valence-electron chi connectivity index (χ4n) is 11.2. The number of aliphatic hydroxyl groups excluding tert-OH is 4. The first-order valence-corrected chi connectivity index (χ1v) is 34.9. The summed E-state index contributed by atoms with van der Waals surface area (Å²) >= 11 is 0. The van der Waals surface area contributed by atoms with Gasteiger partial charge in [-0.3, -0.25) is 9.35 Å². The number of hydrogen-bond acceptors (Lipinski definition) is 10. The number of amides is 1. The molecule has 7 unspecified atom stereocenters. The number of aliphatic hydroxyl groups is 4. The molecule has 1 amide bonds. The second-order valence-corrected chi connectivity index (χ2v) is 24.8. The molecule has 13 heteroatoms. The summed E-state index contributed by atoms with van der Waals surface area (Å²) in [7, 11) is -5.09. The third-order valence-electron chi connectivity index (χ3n) is 16.3. The minimum atomic E-state index is -5.09. The summed E-state index contributed by atoms with van der Waals surface area (Å²) in [6.07, 6.45) is 60.3. The summed E-state index contributed by atoms with van der Waals surface area (Å²) in [6.45, 7) is 3.44. The molecule has 464 valence electrons. The van der Waals surface area contributed by atoms with Crippen LogP contribution in [-0.4, -0.2) is 95.4 Å². The number of unbranched alkanes of at least 4 members (excludes halogenated alkanes) is 48. The Morgan fingerprint density at radius 2 is 0.808 bits per heavy atom. The van der Waals surface area contributed by atoms with E-state index in [4.69, 9.17) is 9.47 Å². The van der Waals surface area contributed by atoms with Crippen molar-refractivity contribution >= 4 is 16.3 Å². The maximum atomic E-state index is 13.1. The maximum Gasteiger partial charge on any atom is 0.397 e. The van der Waals surface area contributed by atoms with Gasteiger partial charge in [-0.15, -0.1) is 0 Å². The molecule has 1 saturated heterocycles. The summed E-state index contributed by atoms with van der Waals surface area (Å²) < 4.78 is 47.9. The molecule has 1 aliphatic heterocycles. The van der Waals surface area contributed by atoms with Crippen LogP contribution in [0.5, 0.6) is 0 Å². The highest BCUT2D eigenvalue weighted by Crippen LogP contribution is 2.26. The maximum absolute atomic E-state index is 13.1. The highest BCUT2D eigenvalue weighted by molar-refractivity contribution is 7.80. The molecular formula is C65H127NO11S. The topological polar surface area (TPSA) is 192 Å². The van der Waals surface area contributed by atoms with Crippen LogP contribution < -0.4 is 5.32 Å². The summed E-state index contributed by atoms with van der Waals surface area (Å²) in [4.78, 5) is 13.1. The third kappa shape index (κ3) is 46.3. The van der Waals surface area contributed by atoms with Crippen LogP contribution in [0.3, 0.4) is 0 Å². The molecule has 0 spiro atoms. The van der Waals surface area contributed by atoms with Crippen LogP contribution in [0.2, 0.25) is 0 Å². The first-order valence-electron chi connectivity index (χ1n) is 33.6. The van der Waals surface area contributed by atoms with Crippen LogP contribution >= 0.6 is 0 Å². The number of rotatable bonds is 60. The molecule has 0 bridgehead atoms. The molecule has 1 fully saturated rings. The number of hydrogen-bond donors (Lipinski definition) is 6. The van der Waals surface area contributed by atoms with Gasteiger partial charge in [0.1, 0.15) is 24.4 Å². The van der Waals surface area contributed by atoms with E-state index in [0.717, 1.165) is 38.5 Å². The highest BCUT2D eigenvalue weighted by atomic mass is 32.3. The van der Waals surface area contributed by atoms with Gasteiger partial charge < -0.3 is 35.2 Å². The standard InChI is InChI=1S/C65H127NO11S/c1-3-5-7-9-11-13-15-17-19-20-21-22-23-24-25-26-27-28-29-30-31-32-33-34-35-36-37-38-39-40-41-43-45-47-49-51-53-55-61(69)66-58(57-75-65-63(71)64(77-78(72,73)74)62(70)60(56-67)76-65)59(68)54-52-50-48-46-44-42-18-16-14-12-10-8-6-4-2/h52,54,58-60,62-65,67-68,70-71H,3-51,53,55-57H2,1-2H3,(H,66,69)(H,72,73,74)/b54-52+. The number of allylic oxidation sites excluding steroid dienone is 1. The van der Waals surface area contributed by atoms with Crippen LogP contribution in [0, 0.1) is 0 Å². The zero-order valence-electron chi connectivity index (χ0n) is 50.8. The summed E-state index contributed by atoms with van der Waals surface area (Å²) in [5, 5.41) is 45.0. The highest BCUT2D eigenvalue weighted by Gasteiger charge is 2.48. The first-order chi connectivity index (χ1) is 38.0. The van der Waals surface area contributed by atoms with E-state index in [1.165, 1.54) is 276 Å². The van der Waals surface area contributed by atoms with Crippen molar-refractivity contribution in [3.63, 3.8) is 0 Å². The predicted octanol–water partition coefficient (Wildman–Crippen LogP) is 17.0. The van der Waals surface area contributed by atoms with Crippen LogP contribution in [0.4, 0.5) is 0 Å². The molecule has 0 aromatic heterocycles. The Balaban J connectivity index is 2.14. The van der Waals surface area contributed by atoms with Crippen molar-refractivity contribution in [2.75, 3.05) is 13.2 Å². The lowest BCUT2D eigenvalue weighted by Crippen LogP contribution is -2.61. The molecular weight excluding hydrogens is 1000 g/mol. The van der Waals surface area contributed by atoms with Gasteiger partial charge in [0.15, 0.2) is 6.29 Å². The first kappa shape index (κ1) is 74.9. The fourth-order valence-corrected chi connectivity index (χ4v) is 11.7. The van der Waals surface area contributed by atoms with Crippen molar-refractivity contribution in [3.8, 4) is 0 Å². The Bertz CT molecular complexity index is 1420. The molecule has 0 radical (unpaired) electrons. The Morgan fingerprint density at radius 1 is 0.500 bits per heavy atom. The molecule has 1 rings (SSSR count). The third-order valence-corrected chi connectivity index (χ3v) is 16.8. The molecule has 7 atom stereocenters. The number of ether oxygens (including phenoxy) is 2. The quantitative estimate of drug-likeness (QED) is 0.0193. The zero-order chi connectivity index (χ0) is 56.8. The van der Waals surface area contributed by atoms with E-state index in [0.29, 0.717) is 6.42 Å². The zero-order valence-corrected chi connectivity index (χ0v) is 51.6. The lowest BCUT2D eigenvalue weighted by molar-refractivity contribution is -0.298. The SMILES string of the molecule is CCCCCCCCCCCCCC/C=C/C(O)C(COC1OC(CO)C(O)C(OS(=O)(=O)O)C1O)NC(=O)CCCCCCCCCCCCCCCCCCCCCCCCCCCCCCCCCCCCCCC. The predicted molar refractivity (Wildman–Crippen MR) is 324 cm³/mol. The van der Waals surface area contributed by atoms with Gasteiger partial charge in [0, 0.05) is 6.42 Å². The van der Waals surface area contributed by atoms with Crippen LogP contribution in [-0.2, 0) is 28.9 Å². The molecule has 0 aromatic carbocycles. The minimum Gasteiger partial charge on any atom is -0.394 e. The summed E-state index contributed by atoms with van der Waals surface area (Å²) in [5.74, 6) is -0.255. The molecule has 6 N–H and O–H groups in total. The van der Waals surface area contributed by atoms with Crippen molar-refractivity contribution in [2.45, 2.75) is 384 Å².